The van der Waals surface area contributed by atoms with E-state index < -0.39 is 0 Å². The van der Waals surface area contributed by atoms with E-state index in [0.29, 0.717) is 16.8 Å². The summed E-state index contributed by atoms with van der Waals surface area (Å²) in [5.41, 5.74) is 1.76. The number of hydrogen-bond donors (Lipinski definition) is 0. The number of anilines is 1. The summed E-state index contributed by atoms with van der Waals surface area (Å²) < 4.78 is 6.08. The van der Waals surface area contributed by atoms with Gasteiger partial charge in [-0.3, -0.25) is 4.79 Å². The third kappa shape index (κ3) is 3.02. The van der Waals surface area contributed by atoms with Gasteiger partial charge in [0.15, 0.2) is 5.78 Å². The Morgan fingerprint density at radius 2 is 2.05 bits per heavy atom. The molecule has 20 heavy (non-hydrogen) atoms. The highest BCUT2D eigenvalue weighted by molar-refractivity contribution is 7.20. The Kier molecular flexibility index (Phi) is 5.47. The zero-order valence-corrected chi connectivity index (χ0v) is 13.9. The van der Waals surface area contributed by atoms with Crippen LogP contribution in [0.15, 0.2) is 0 Å². The molecule has 0 N–H and O–H groups in total. The summed E-state index contributed by atoms with van der Waals surface area (Å²) >= 11 is 7.85. The molecule has 0 spiro atoms. The van der Waals surface area contributed by atoms with Gasteiger partial charge >= 0.3 is 0 Å². The van der Waals surface area contributed by atoms with Crippen molar-refractivity contribution in [3.05, 3.63) is 15.5 Å². The van der Waals surface area contributed by atoms with Gasteiger partial charge in [-0.05, 0) is 32.3 Å². The van der Waals surface area contributed by atoms with Crippen molar-refractivity contribution in [3.8, 4) is 0 Å². The van der Waals surface area contributed by atoms with E-state index in [4.69, 9.17) is 16.3 Å². The summed E-state index contributed by atoms with van der Waals surface area (Å²) in [7, 11) is 0. The molecule has 0 aliphatic carbocycles. The first-order chi connectivity index (χ1) is 9.60. The number of ketones is 1. The monoisotopic (exact) mass is 315 g/mol. The molecule has 0 bridgehead atoms. The molecule has 0 unspecified atom stereocenters. The Labute approximate surface area is 129 Å². The lowest BCUT2D eigenvalue weighted by Gasteiger charge is -2.34. The van der Waals surface area contributed by atoms with Crippen LogP contribution in [-0.4, -0.2) is 31.6 Å². The van der Waals surface area contributed by atoms with Gasteiger partial charge in [-0.2, -0.15) is 0 Å². The van der Waals surface area contributed by atoms with Crippen molar-refractivity contribution >= 4 is 33.7 Å². The minimum absolute atomic E-state index is 0.137. The van der Waals surface area contributed by atoms with Crippen LogP contribution in [0, 0.1) is 6.92 Å². The van der Waals surface area contributed by atoms with Crippen LogP contribution in [0.3, 0.4) is 0 Å². The van der Waals surface area contributed by atoms with Crippen LogP contribution < -0.4 is 4.90 Å². The normalized spacial score (nSPS) is 16.4. The maximum Gasteiger partial charge on any atom is 0.165 e. The van der Waals surface area contributed by atoms with E-state index in [2.05, 4.69) is 11.8 Å². The largest absolute Gasteiger partial charge is 0.381 e. The molecule has 112 valence electrons. The van der Waals surface area contributed by atoms with Crippen LogP contribution in [0.4, 0.5) is 5.00 Å². The lowest BCUT2D eigenvalue weighted by molar-refractivity contribution is 0.0847. The fourth-order valence-electron chi connectivity index (χ4n) is 2.80. The summed E-state index contributed by atoms with van der Waals surface area (Å²) in [5, 5.41) is 1.15. The summed E-state index contributed by atoms with van der Waals surface area (Å²) in [6, 6.07) is 0.492. The zero-order chi connectivity index (χ0) is 14.7. The first kappa shape index (κ1) is 15.8. The third-order valence-electron chi connectivity index (χ3n) is 3.91. The van der Waals surface area contributed by atoms with Crippen LogP contribution in [-0.2, 0) is 4.74 Å². The first-order valence-corrected chi connectivity index (χ1v) is 8.46. The predicted octanol–water partition coefficient (Wildman–Crippen LogP) is 4.31. The van der Waals surface area contributed by atoms with Crippen LogP contribution in [0.1, 0.15) is 49.0 Å². The zero-order valence-electron chi connectivity index (χ0n) is 12.4. The second-order valence-electron chi connectivity index (χ2n) is 5.09. The smallest absolute Gasteiger partial charge is 0.165 e. The molecule has 5 heteroatoms. The standard InChI is InChI=1S/C15H22ClNO2S/c1-4-12(18)13-10(3)15(20-14(13)16)17(5-2)11-6-8-19-9-7-11/h11H,4-9H2,1-3H3. The number of Topliss-reactive ketones (excluding diaryl/α,β-unsaturated/α-hetero) is 1. The highest BCUT2D eigenvalue weighted by atomic mass is 35.5. The average Bonchev–Trinajstić information content (AvgIpc) is 2.75. The summed E-state index contributed by atoms with van der Waals surface area (Å²) in [4.78, 5) is 14.4. The molecule has 2 heterocycles. The van der Waals surface area contributed by atoms with Crippen LogP contribution in [0.5, 0.6) is 0 Å². The number of thiophene rings is 1. The molecule has 0 radical (unpaired) electrons. The lowest BCUT2D eigenvalue weighted by Crippen LogP contribution is -2.39. The van der Waals surface area contributed by atoms with Gasteiger partial charge < -0.3 is 9.64 Å². The van der Waals surface area contributed by atoms with Crippen molar-refractivity contribution in [1.82, 2.24) is 0 Å². The summed E-state index contributed by atoms with van der Waals surface area (Å²) in [5.74, 6) is 0.137. The quantitative estimate of drug-likeness (QED) is 0.758. The molecule has 1 saturated heterocycles. The van der Waals surface area contributed by atoms with E-state index in [1.54, 1.807) is 11.3 Å². The van der Waals surface area contributed by atoms with E-state index >= 15 is 0 Å². The van der Waals surface area contributed by atoms with E-state index in [1.807, 2.05) is 13.8 Å². The molecule has 0 amide bonds. The minimum atomic E-state index is 0.137. The topological polar surface area (TPSA) is 29.5 Å². The van der Waals surface area contributed by atoms with Crippen LogP contribution in [0.2, 0.25) is 4.34 Å². The highest BCUT2D eigenvalue weighted by Gasteiger charge is 2.27. The number of halogens is 1. The molecule has 0 aromatic carbocycles. The SMILES string of the molecule is CCC(=O)c1c(Cl)sc(N(CC)C2CCOCC2)c1C. The molecular formula is C15H22ClNO2S. The van der Waals surface area contributed by atoms with Gasteiger partial charge in [-0.1, -0.05) is 18.5 Å². The summed E-state index contributed by atoms with van der Waals surface area (Å²) in [6.45, 7) is 8.63. The number of carbonyl (C=O) groups excluding carboxylic acids is 1. The van der Waals surface area contributed by atoms with Gasteiger partial charge in [0.1, 0.15) is 4.34 Å². The van der Waals surface area contributed by atoms with Gasteiger partial charge in [0, 0.05) is 32.2 Å². The van der Waals surface area contributed by atoms with E-state index in [9.17, 15) is 4.79 Å². The van der Waals surface area contributed by atoms with Crippen LogP contribution in [0.25, 0.3) is 0 Å². The van der Waals surface area contributed by atoms with E-state index in [1.165, 1.54) is 0 Å². The van der Waals surface area contributed by atoms with Crippen molar-refractivity contribution < 1.29 is 9.53 Å². The van der Waals surface area contributed by atoms with Gasteiger partial charge in [0.25, 0.3) is 0 Å². The molecular weight excluding hydrogens is 294 g/mol. The molecule has 1 aliphatic rings. The average molecular weight is 316 g/mol. The maximum atomic E-state index is 12.0. The van der Waals surface area contributed by atoms with Gasteiger partial charge in [-0.25, -0.2) is 0 Å². The second kappa shape index (κ2) is 6.92. The first-order valence-electron chi connectivity index (χ1n) is 7.26. The van der Waals surface area contributed by atoms with Crippen molar-refractivity contribution in [2.24, 2.45) is 0 Å². The van der Waals surface area contributed by atoms with Gasteiger partial charge in [-0.15, -0.1) is 11.3 Å². The van der Waals surface area contributed by atoms with E-state index in [0.717, 1.165) is 48.7 Å². The van der Waals surface area contributed by atoms with Gasteiger partial charge in [0.2, 0.25) is 0 Å². The molecule has 0 saturated carbocycles. The Bertz CT molecular complexity index is 480. The third-order valence-corrected chi connectivity index (χ3v) is 5.45. The number of rotatable bonds is 5. The molecule has 2 rings (SSSR count). The Morgan fingerprint density at radius 1 is 1.40 bits per heavy atom. The van der Waals surface area contributed by atoms with E-state index in [-0.39, 0.29) is 5.78 Å². The van der Waals surface area contributed by atoms with Crippen LogP contribution >= 0.6 is 22.9 Å². The molecule has 0 atom stereocenters. The summed E-state index contributed by atoms with van der Waals surface area (Å²) in [6.07, 6.45) is 2.58. The van der Waals surface area contributed by atoms with Gasteiger partial charge in [0.05, 0.1) is 10.6 Å². The lowest BCUT2D eigenvalue weighted by atomic mass is 10.0. The van der Waals surface area contributed by atoms with Crippen molar-refractivity contribution in [3.63, 3.8) is 0 Å². The molecule has 3 nitrogen and oxygen atoms in total. The Hall–Kier alpha value is -0.580. The fourth-order valence-corrected chi connectivity index (χ4v) is 4.46. The Morgan fingerprint density at radius 3 is 2.60 bits per heavy atom. The highest BCUT2D eigenvalue weighted by Crippen LogP contribution is 2.41. The molecule has 1 fully saturated rings. The minimum Gasteiger partial charge on any atom is -0.381 e. The second-order valence-corrected chi connectivity index (χ2v) is 6.69. The number of ether oxygens (including phenoxy) is 1. The fraction of sp³-hybridized carbons (Fsp3) is 0.667. The van der Waals surface area contributed by atoms with Crippen molar-refractivity contribution in [2.75, 3.05) is 24.7 Å². The number of carbonyl (C=O) groups is 1. The Balaban J connectivity index is 2.32. The molecule has 1 aliphatic heterocycles. The number of nitrogens with zero attached hydrogens (tertiary/aromatic N) is 1. The number of hydrogen-bond acceptors (Lipinski definition) is 4. The maximum absolute atomic E-state index is 12.0. The molecule has 1 aromatic heterocycles. The predicted molar refractivity (Wildman–Crippen MR) is 85.5 cm³/mol. The van der Waals surface area contributed by atoms with Crippen molar-refractivity contribution in [1.29, 1.82) is 0 Å². The van der Waals surface area contributed by atoms with Crippen molar-refractivity contribution in [2.45, 2.75) is 46.1 Å². The molecule has 1 aromatic rings.